The van der Waals surface area contributed by atoms with E-state index in [4.69, 9.17) is 0 Å². The second kappa shape index (κ2) is 5.44. The quantitative estimate of drug-likeness (QED) is 0.505. The normalized spacial score (nSPS) is 9.94. The standard InChI is InChI=1S/C13H16N2O3/c1-8(2)13(16)14-7-11-6-5-9(3)12(10(11)4)15(17)18/h5-6H,1,7H2,2-4H3,(H,14,16). The number of aryl methyl sites for hydroxylation is 1. The van der Waals surface area contributed by atoms with Crippen molar-refractivity contribution in [2.75, 3.05) is 0 Å². The molecule has 18 heavy (non-hydrogen) atoms. The van der Waals surface area contributed by atoms with Crippen LogP contribution in [0.1, 0.15) is 23.6 Å². The summed E-state index contributed by atoms with van der Waals surface area (Å²) in [5, 5.41) is 13.6. The Bertz CT molecular complexity index is 521. The van der Waals surface area contributed by atoms with Gasteiger partial charge in [-0.05, 0) is 26.3 Å². The smallest absolute Gasteiger partial charge is 0.275 e. The summed E-state index contributed by atoms with van der Waals surface area (Å²) in [6.07, 6.45) is 0. The Morgan fingerprint density at radius 3 is 2.56 bits per heavy atom. The van der Waals surface area contributed by atoms with Gasteiger partial charge in [-0.25, -0.2) is 0 Å². The molecule has 0 fully saturated rings. The van der Waals surface area contributed by atoms with Gasteiger partial charge in [0.25, 0.3) is 5.69 Å². The number of hydrogen-bond acceptors (Lipinski definition) is 3. The zero-order valence-electron chi connectivity index (χ0n) is 10.7. The van der Waals surface area contributed by atoms with Crippen LogP contribution in [-0.2, 0) is 11.3 Å². The molecule has 0 saturated carbocycles. The van der Waals surface area contributed by atoms with Gasteiger partial charge in [0, 0.05) is 23.2 Å². The zero-order valence-corrected chi connectivity index (χ0v) is 10.7. The Balaban J connectivity index is 2.98. The summed E-state index contributed by atoms with van der Waals surface area (Å²) in [5.74, 6) is -0.252. The molecule has 0 bridgehead atoms. The first-order valence-electron chi connectivity index (χ1n) is 5.51. The topological polar surface area (TPSA) is 72.2 Å². The molecule has 1 aromatic carbocycles. The van der Waals surface area contributed by atoms with Gasteiger partial charge >= 0.3 is 0 Å². The number of carbonyl (C=O) groups excluding carboxylic acids is 1. The molecule has 0 unspecified atom stereocenters. The molecule has 1 N–H and O–H groups in total. The minimum atomic E-state index is -0.394. The van der Waals surface area contributed by atoms with Crippen molar-refractivity contribution < 1.29 is 9.72 Å². The molecule has 1 aromatic rings. The molecule has 0 aliphatic carbocycles. The Morgan fingerprint density at radius 1 is 1.44 bits per heavy atom. The van der Waals surface area contributed by atoms with Crippen molar-refractivity contribution in [2.24, 2.45) is 0 Å². The van der Waals surface area contributed by atoms with Gasteiger partial charge < -0.3 is 5.32 Å². The highest BCUT2D eigenvalue weighted by Crippen LogP contribution is 2.25. The maximum absolute atomic E-state index is 11.4. The largest absolute Gasteiger partial charge is 0.348 e. The van der Waals surface area contributed by atoms with Crippen LogP contribution < -0.4 is 5.32 Å². The highest BCUT2D eigenvalue weighted by atomic mass is 16.6. The lowest BCUT2D eigenvalue weighted by molar-refractivity contribution is -0.386. The van der Waals surface area contributed by atoms with Crippen molar-refractivity contribution in [2.45, 2.75) is 27.3 Å². The van der Waals surface area contributed by atoms with Gasteiger partial charge in [-0.15, -0.1) is 0 Å². The van der Waals surface area contributed by atoms with Crippen LogP contribution in [0.3, 0.4) is 0 Å². The molecule has 0 atom stereocenters. The number of nitrogens with zero attached hydrogens (tertiary/aromatic N) is 1. The van der Waals surface area contributed by atoms with E-state index in [-0.39, 0.29) is 18.1 Å². The molecule has 1 rings (SSSR count). The van der Waals surface area contributed by atoms with Gasteiger partial charge in [0.1, 0.15) is 0 Å². The van der Waals surface area contributed by atoms with Crippen molar-refractivity contribution in [3.8, 4) is 0 Å². The first-order chi connectivity index (χ1) is 8.34. The third-order valence-corrected chi connectivity index (χ3v) is 2.75. The molecule has 5 heteroatoms. The molecule has 0 heterocycles. The fraction of sp³-hybridized carbons (Fsp3) is 0.308. The van der Waals surface area contributed by atoms with E-state index in [0.29, 0.717) is 16.7 Å². The maximum Gasteiger partial charge on any atom is 0.275 e. The predicted octanol–water partition coefficient (Wildman–Crippen LogP) is 2.40. The monoisotopic (exact) mass is 248 g/mol. The number of carbonyl (C=O) groups is 1. The third-order valence-electron chi connectivity index (χ3n) is 2.75. The van der Waals surface area contributed by atoms with Crippen LogP contribution in [0.4, 0.5) is 5.69 Å². The highest BCUT2D eigenvalue weighted by molar-refractivity contribution is 5.92. The summed E-state index contributed by atoms with van der Waals surface area (Å²) in [5.41, 5.74) is 2.46. The van der Waals surface area contributed by atoms with E-state index in [1.807, 2.05) is 0 Å². The van der Waals surface area contributed by atoms with Crippen LogP contribution in [0.2, 0.25) is 0 Å². The molecule has 1 amide bonds. The van der Waals surface area contributed by atoms with Crippen LogP contribution in [0.5, 0.6) is 0 Å². The summed E-state index contributed by atoms with van der Waals surface area (Å²) in [6.45, 7) is 8.79. The van der Waals surface area contributed by atoms with Gasteiger partial charge in [0.2, 0.25) is 5.91 Å². The number of nitro groups is 1. The molecule has 5 nitrogen and oxygen atoms in total. The predicted molar refractivity (Wildman–Crippen MR) is 69.2 cm³/mol. The fourth-order valence-electron chi connectivity index (χ4n) is 1.68. The second-order valence-electron chi connectivity index (χ2n) is 4.24. The average molecular weight is 248 g/mol. The fourth-order valence-corrected chi connectivity index (χ4v) is 1.68. The van der Waals surface area contributed by atoms with Crippen molar-refractivity contribution >= 4 is 11.6 Å². The number of nitro benzene ring substituents is 1. The van der Waals surface area contributed by atoms with E-state index in [9.17, 15) is 14.9 Å². The number of rotatable bonds is 4. The molecular formula is C13H16N2O3. The average Bonchev–Trinajstić information content (AvgIpc) is 2.27. The molecule has 96 valence electrons. The Morgan fingerprint density at radius 2 is 2.06 bits per heavy atom. The van der Waals surface area contributed by atoms with Gasteiger partial charge in [-0.1, -0.05) is 18.7 Å². The van der Waals surface area contributed by atoms with Crippen LogP contribution >= 0.6 is 0 Å². The molecule has 0 aliphatic heterocycles. The molecule has 0 aromatic heterocycles. The van der Waals surface area contributed by atoms with Gasteiger partial charge in [0.05, 0.1) is 4.92 Å². The van der Waals surface area contributed by atoms with Crippen molar-refractivity contribution in [3.63, 3.8) is 0 Å². The molecule has 0 aliphatic rings. The van der Waals surface area contributed by atoms with E-state index in [1.54, 1.807) is 32.9 Å². The summed E-state index contributed by atoms with van der Waals surface area (Å²) < 4.78 is 0. The van der Waals surface area contributed by atoms with E-state index in [2.05, 4.69) is 11.9 Å². The molecule has 0 saturated heterocycles. The van der Waals surface area contributed by atoms with Crippen LogP contribution in [0.25, 0.3) is 0 Å². The number of benzene rings is 1. The van der Waals surface area contributed by atoms with E-state index in [1.165, 1.54) is 0 Å². The van der Waals surface area contributed by atoms with Crippen molar-refractivity contribution in [1.29, 1.82) is 0 Å². The minimum absolute atomic E-state index is 0.108. The first kappa shape index (κ1) is 13.9. The van der Waals surface area contributed by atoms with Crippen molar-refractivity contribution in [1.82, 2.24) is 5.32 Å². The highest BCUT2D eigenvalue weighted by Gasteiger charge is 2.17. The maximum atomic E-state index is 11.4. The molecule has 0 radical (unpaired) electrons. The minimum Gasteiger partial charge on any atom is -0.348 e. The Labute approximate surface area is 106 Å². The molecule has 0 spiro atoms. The van der Waals surface area contributed by atoms with Crippen LogP contribution in [0.15, 0.2) is 24.3 Å². The summed E-state index contributed by atoms with van der Waals surface area (Å²) in [7, 11) is 0. The van der Waals surface area contributed by atoms with Crippen LogP contribution in [0, 0.1) is 24.0 Å². The summed E-state index contributed by atoms with van der Waals surface area (Å²) >= 11 is 0. The lowest BCUT2D eigenvalue weighted by Gasteiger charge is -2.09. The summed E-state index contributed by atoms with van der Waals surface area (Å²) in [4.78, 5) is 21.9. The van der Waals surface area contributed by atoms with Gasteiger partial charge in [-0.3, -0.25) is 14.9 Å². The first-order valence-corrected chi connectivity index (χ1v) is 5.51. The Hall–Kier alpha value is -2.17. The number of nitrogens with one attached hydrogen (secondary N) is 1. The summed E-state index contributed by atoms with van der Waals surface area (Å²) in [6, 6.07) is 3.48. The lowest BCUT2D eigenvalue weighted by atomic mass is 10.0. The van der Waals surface area contributed by atoms with E-state index >= 15 is 0 Å². The van der Waals surface area contributed by atoms with E-state index in [0.717, 1.165) is 5.56 Å². The third kappa shape index (κ3) is 2.94. The molecular weight excluding hydrogens is 232 g/mol. The van der Waals surface area contributed by atoms with Gasteiger partial charge in [0.15, 0.2) is 0 Å². The van der Waals surface area contributed by atoms with Crippen molar-refractivity contribution in [3.05, 3.63) is 51.1 Å². The van der Waals surface area contributed by atoms with E-state index < -0.39 is 4.92 Å². The van der Waals surface area contributed by atoms with Gasteiger partial charge in [-0.2, -0.15) is 0 Å². The SMILES string of the molecule is C=C(C)C(=O)NCc1ccc(C)c([N+](=O)[O-])c1C. The van der Waals surface area contributed by atoms with Crippen LogP contribution in [-0.4, -0.2) is 10.8 Å². The lowest BCUT2D eigenvalue weighted by Crippen LogP contribution is -2.23. The number of hydrogen-bond donors (Lipinski definition) is 1. The Kier molecular flexibility index (Phi) is 4.20. The second-order valence-corrected chi connectivity index (χ2v) is 4.24. The zero-order chi connectivity index (χ0) is 13.9. The number of amides is 1.